The first-order valence-corrected chi connectivity index (χ1v) is 37.1. The molecule has 10 heteroatoms. The van der Waals surface area contributed by atoms with Crippen molar-refractivity contribution in [1.29, 1.82) is 0 Å². The zero-order chi connectivity index (χ0) is 62.6. The summed E-state index contributed by atoms with van der Waals surface area (Å²) in [6.45, 7) is 4.33. The number of hydrogen-bond acceptors (Lipinski definition) is 7. The Morgan fingerprint density at radius 1 is 0.372 bits per heavy atom. The Morgan fingerprint density at radius 2 is 0.663 bits per heavy atom. The fourth-order valence-electron chi connectivity index (χ4n) is 9.85. The number of likely N-dealkylation sites (N-methyl/N-ethyl adjacent to an activating group) is 1. The van der Waals surface area contributed by atoms with Gasteiger partial charge in [-0.2, -0.15) is 0 Å². The van der Waals surface area contributed by atoms with E-state index < -0.39 is 26.5 Å². The summed E-state index contributed by atoms with van der Waals surface area (Å²) < 4.78 is 34.7. The fourth-order valence-corrected chi connectivity index (χ4v) is 10.6. The number of phosphoric acid groups is 1. The number of ether oxygens (including phenoxy) is 2. The molecule has 0 aliphatic rings. The number of esters is 2. The molecule has 0 aromatic heterocycles. The molecule has 2 unspecified atom stereocenters. The zero-order valence-electron chi connectivity index (χ0n) is 56.5. The smallest absolute Gasteiger partial charge is 0.462 e. The monoisotopic (exact) mass is 1220 g/mol. The van der Waals surface area contributed by atoms with Crippen LogP contribution in [0, 0.1) is 0 Å². The molecule has 0 amide bonds. The van der Waals surface area contributed by atoms with Crippen LogP contribution < -0.4 is 0 Å². The summed E-state index contributed by atoms with van der Waals surface area (Å²) in [6.07, 6.45) is 93.4. The van der Waals surface area contributed by atoms with Gasteiger partial charge in [0.1, 0.15) is 19.8 Å². The van der Waals surface area contributed by atoms with Crippen LogP contribution in [0.5, 0.6) is 0 Å². The Balaban J connectivity index is 3.98. The van der Waals surface area contributed by atoms with E-state index in [4.69, 9.17) is 18.5 Å². The number of allylic oxidation sites excluding steroid dienone is 18. The summed E-state index contributed by atoms with van der Waals surface area (Å²) in [5.41, 5.74) is 0. The van der Waals surface area contributed by atoms with Gasteiger partial charge in [-0.15, -0.1) is 0 Å². The highest BCUT2D eigenvalue weighted by Crippen LogP contribution is 2.43. The average Bonchev–Trinajstić information content (AvgIpc) is 3.70. The highest BCUT2D eigenvalue weighted by atomic mass is 31.2. The Bertz CT molecular complexity index is 1820. The molecule has 496 valence electrons. The van der Waals surface area contributed by atoms with Crippen molar-refractivity contribution in [2.75, 3.05) is 47.5 Å². The van der Waals surface area contributed by atoms with E-state index in [0.717, 1.165) is 83.5 Å². The summed E-state index contributed by atoms with van der Waals surface area (Å²) in [6, 6.07) is 0. The summed E-state index contributed by atoms with van der Waals surface area (Å²) in [5.74, 6) is -0.794. The molecule has 0 aliphatic heterocycles. The summed E-state index contributed by atoms with van der Waals surface area (Å²) in [4.78, 5) is 35.8. The van der Waals surface area contributed by atoms with Crippen LogP contribution in [0.3, 0.4) is 0 Å². The van der Waals surface area contributed by atoms with E-state index in [1.54, 1.807) is 0 Å². The van der Waals surface area contributed by atoms with Gasteiger partial charge >= 0.3 is 19.8 Å². The minimum absolute atomic E-state index is 0.0291. The maximum atomic E-state index is 12.9. The second kappa shape index (κ2) is 66.1. The number of hydrogen-bond donors (Lipinski definition) is 1. The number of quaternary nitrogens is 1. The van der Waals surface area contributed by atoms with E-state index in [-0.39, 0.29) is 32.0 Å². The third kappa shape index (κ3) is 69.8. The maximum absolute atomic E-state index is 12.9. The van der Waals surface area contributed by atoms with Crippen molar-refractivity contribution in [3.05, 3.63) is 109 Å². The molecule has 0 aromatic carbocycles. The largest absolute Gasteiger partial charge is 0.472 e. The zero-order valence-corrected chi connectivity index (χ0v) is 57.4. The second-order valence-electron chi connectivity index (χ2n) is 24.9. The standard InChI is InChI=1S/C76H134NO8P/c1-6-8-10-12-14-16-18-20-22-24-26-28-29-30-31-32-33-34-35-36-37-38-39-40-41-42-43-44-45-46-47-49-51-53-55-57-59-61-63-65-67-69-76(79)85-74(73-84-86(80,81)83-71-70-77(3,4)5)72-82-75(78)68-66-64-62-60-58-56-54-52-50-48-27-25-23-21-19-17-15-13-11-9-7-2/h8,10,14,16,19-22,25-28,30-31,33-34,36-37,74H,6-7,9,11-13,15,17-18,23-24,29,32,35,38-73H2,1-5H3/p+1/b10-8-,16-14-,21-19-,22-20-,27-25-,28-26-,31-30-,34-33-,37-36-. The summed E-state index contributed by atoms with van der Waals surface area (Å²) >= 11 is 0. The molecule has 0 aromatic rings. The first-order chi connectivity index (χ1) is 42.0. The van der Waals surface area contributed by atoms with Crippen LogP contribution in [0.4, 0.5) is 0 Å². The van der Waals surface area contributed by atoms with Gasteiger partial charge in [-0.05, 0) is 103 Å². The van der Waals surface area contributed by atoms with Gasteiger partial charge in [-0.1, -0.05) is 303 Å². The quantitative estimate of drug-likeness (QED) is 0.0211. The molecule has 9 nitrogen and oxygen atoms in total. The summed E-state index contributed by atoms with van der Waals surface area (Å²) in [5, 5.41) is 0. The number of carbonyl (C=O) groups is 2. The van der Waals surface area contributed by atoms with E-state index >= 15 is 0 Å². The van der Waals surface area contributed by atoms with Crippen LogP contribution in [0.25, 0.3) is 0 Å². The van der Waals surface area contributed by atoms with Crippen molar-refractivity contribution in [1.82, 2.24) is 0 Å². The van der Waals surface area contributed by atoms with E-state index in [9.17, 15) is 19.0 Å². The van der Waals surface area contributed by atoms with Crippen LogP contribution in [0.15, 0.2) is 109 Å². The van der Waals surface area contributed by atoms with Crippen LogP contribution in [-0.2, 0) is 32.7 Å². The number of unbranched alkanes of at least 4 members (excludes halogenated alkanes) is 33. The molecular formula is C76H135NO8P+. The fraction of sp³-hybridized carbons (Fsp3) is 0.737. The molecule has 0 radical (unpaired) electrons. The minimum Gasteiger partial charge on any atom is -0.462 e. The first kappa shape index (κ1) is 82.7. The predicted octanol–water partition coefficient (Wildman–Crippen LogP) is 23.3. The molecular weight excluding hydrogens is 1090 g/mol. The van der Waals surface area contributed by atoms with Gasteiger partial charge in [0.2, 0.25) is 0 Å². The SMILES string of the molecule is CC/C=C\C/C=C\C/C=C\C/C=C\C/C=C\C/C=C\C/C=C\CCCCCCCCCCCCCCCCCCCCCC(=O)OC(COC(=O)CCCCCCCCCCC/C=C\C/C=C\CCCCCCC)COP(=O)(O)OCC[N+](C)(C)C. The summed E-state index contributed by atoms with van der Waals surface area (Å²) in [7, 11) is 1.48. The Morgan fingerprint density at radius 3 is 0.988 bits per heavy atom. The molecule has 0 aliphatic carbocycles. The molecule has 0 saturated heterocycles. The molecule has 0 saturated carbocycles. The normalized spacial score (nSPS) is 13.8. The Labute approximate surface area is 531 Å². The van der Waals surface area contributed by atoms with Gasteiger partial charge in [0.05, 0.1) is 27.7 Å². The maximum Gasteiger partial charge on any atom is 0.472 e. The third-order valence-corrected chi connectivity index (χ3v) is 16.3. The van der Waals surface area contributed by atoms with Gasteiger partial charge in [-0.3, -0.25) is 18.6 Å². The molecule has 0 heterocycles. The minimum atomic E-state index is -4.40. The Hall–Kier alpha value is -3.33. The molecule has 0 spiro atoms. The van der Waals surface area contributed by atoms with Crippen molar-refractivity contribution in [3.63, 3.8) is 0 Å². The van der Waals surface area contributed by atoms with Crippen molar-refractivity contribution in [3.8, 4) is 0 Å². The molecule has 86 heavy (non-hydrogen) atoms. The number of rotatable bonds is 65. The number of nitrogens with zero attached hydrogens (tertiary/aromatic N) is 1. The van der Waals surface area contributed by atoms with Crippen LogP contribution in [0.1, 0.15) is 309 Å². The topological polar surface area (TPSA) is 108 Å². The van der Waals surface area contributed by atoms with Crippen molar-refractivity contribution >= 4 is 19.8 Å². The van der Waals surface area contributed by atoms with E-state index in [0.29, 0.717) is 17.4 Å². The predicted molar refractivity (Wildman–Crippen MR) is 371 cm³/mol. The number of phosphoric ester groups is 1. The second-order valence-corrected chi connectivity index (χ2v) is 26.3. The van der Waals surface area contributed by atoms with Gasteiger partial charge in [-0.25, -0.2) is 4.57 Å². The first-order valence-electron chi connectivity index (χ1n) is 35.6. The van der Waals surface area contributed by atoms with Gasteiger partial charge in [0.25, 0.3) is 0 Å². The Kier molecular flexibility index (Phi) is 63.5. The van der Waals surface area contributed by atoms with Crippen molar-refractivity contribution < 1.29 is 42.1 Å². The van der Waals surface area contributed by atoms with Crippen LogP contribution in [-0.4, -0.2) is 74.9 Å². The van der Waals surface area contributed by atoms with E-state index in [1.165, 1.54) is 193 Å². The molecule has 0 fully saturated rings. The lowest BCUT2D eigenvalue weighted by atomic mass is 10.0. The lowest BCUT2D eigenvalue weighted by molar-refractivity contribution is -0.870. The van der Waals surface area contributed by atoms with Gasteiger partial charge < -0.3 is 18.9 Å². The van der Waals surface area contributed by atoms with Crippen LogP contribution in [0.2, 0.25) is 0 Å². The van der Waals surface area contributed by atoms with Gasteiger partial charge in [0.15, 0.2) is 6.10 Å². The highest BCUT2D eigenvalue weighted by Gasteiger charge is 2.27. The lowest BCUT2D eigenvalue weighted by Gasteiger charge is -2.24. The highest BCUT2D eigenvalue weighted by molar-refractivity contribution is 7.47. The van der Waals surface area contributed by atoms with Gasteiger partial charge in [0, 0.05) is 12.8 Å². The van der Waals surface area contributed by atoms with E-state index in [1.807, 2.05) is 21.1 Å². The molecule has 0 bridgehead atoms. The third-order valence-electron chi connectivity index (χ3n) is 15.3. The van der Waals surface area contributed by atoms with E-state index in [2.05, 4.69) is 123 Å². The molecule has 2 atom stereocenters. The van der Waals surface area contributed by atoms with Crippen LogP contribution >= 0.6 is 7.82 Å². The molecule has 1 N–H and O–H groups in total. The number of carbonyl (C=O) groups excluding carboxylic acids is 2. The van der Waals surface area contributed by atoms with Crippen molar-refractivity contribution in [2.24, 2.45) is 0 Å². The average molecular weight is 1220 g/mol. The molecule has 0 rings (SSSR count). The van der Waals surface area contributed by atoms with Crippen molar-refractivity contribution in [2.45, 2.75) is 315 Å². The lowest BCUT2D eigenvalue weighted by Crippen LogP contribution is -2.37.